The molecule has 0 bridgehead atoms. The Morgan fingerprint density at radius 2 is 2.12 bits per heavy atom. The Bertz CT molecular complexity index is 717. The van der Waals surface area contributed by atoms with Crippen molar-refractivity contribution < 1.29 is 9.18 Å². The molecule has 25 heavy (non-hydrogen) atoms. The van der Waals surface area contributed by atoms with Crippen LogP contribution in [0.3, 0.4) is 0 Å². The van der Waals surface area contributed by atoms with Gasteiger partial charge in [0.1, 0.15) is 11.6 Å². The fraction of sp³-hybridized carbons (Fsp3) is 0.400. The van der Waals surface area contributed by atoms with E-state index in [0.29, 0.717) is 17.3 Å². The smallest absolute Gasteiger partial charge is 0.254 e. The number of likely N-dealkylation sites (tertiary alicyclic amines) is 1. The van der Waals surface area contributed by atoms with Gasteiger partial charge in [-0.2, -0.15) is 0 Å². The van der Waals surface area contributed by atoms with E-state index < -0.39 is 0 Å². The summed E-state index contributed by atoms with van der Waals surface area (Å²) in [7, 11) is 1.79. The predicted octanol–water partition coefficient (Wildman–Crippen LogP) is 3.75. The average molecular weight is 341 g/mol. The normalized spacial score (nSPS) is 17.4. The van der Waals surface area contributed by atoms with Gasteiger partial charge in [-0.15, -0.1) is 0 Å². The van der Waals surface area contributed by atoms with Crippen molar-refractivity contribution in [2.75, 3.05) is 25.5 Å². The molecule has 5 heteroatoms. The van der Waals surface area contributed by atoms with E-state index in [2.05, 4.69) is 10.3 Å². The van der Waals surface area contributed by atoms with E-state index in [-0.39, 0.29) is 11.7 Å². The molecule has 1 atom stereocenters. The van der Waals surface area contributed by atoms with E-state index >= 15 is 0 Å². The number of aromatic nitrogens is 1. The fourth-order valence-electron chi connectivity index (χ4n) is 3.39. The Morgan fingerprint density at radius 3 is 2.88 bits per heavy atom. The van der Waals surface area contributed by atoms with Gasteiger partial charge in [0.05, 0.1) is 0 Å². The highest BCUT2D eigenvalue weighted by molar-refractivity contribution is 5.94. The van der Waals surface area contributed by atoms with Gasteiger partial charge in [0.15, 0.2) is 0 Å². The SMILES string of the molecule is CNc1cc(C(=O)N2CCCC(CCc3ccc(F)cc3)C2)ccn1. The Hall–Kier alpha value is -2.43. The molecule has 1 unspecified atom stereocenters. The third-order valence-electron chi connectivity index (χ3n) is 4.82. The van der Waals surface area contributed by atoms with E-state index in [1.807, 2.05) is 17.0 Å². The van der Waals surface area contributed by atoms with Crippen LogP contribution in [0.5, 0.6) is 0 Å². The average Bonchev–Trinajstić information content (AvgIpc) is 2.67. The van der Waals surface area contributed by atoms with Crippen molar-refractivity contribution in [3.8, 4) is 0 Å². The highest BCUT2D eigenvalue weighted by atomic mass is 19.1. The van der Waals surface area contributed by atoms with Crippen molar-refractivity contribution in [1.29, 1.82) is 0 Å². The van der Waals surface area contributed by atoms with Crippen LogP contribution >= 0.6 is 0 Å². The number of hydrogen-bond acceptors (Lipinski definition) is 3. The number of pyridine rings is 1. The number of carbonyl (C=O) groups excluding carboxylic acids is 1. The Labute approximate surface area is 148 Å². The quantitative estimate of drug-likeness (QED) is 0.901. The lowest BCUT2D eigenvalue weighted by molar-refractivity contribution is 0.0668. The third-order valence-corrected chi connectivity index (χ3v) is 4.82. The third kappa shape index (κ3) is 4.56. The standard InChI is InChI=1S/C20H24FN3O/c1-22-19-13-17(10-11-23-19)20(25)24-12-2-3-16(14-24)5-4-15-6-8-18(21)9-7-15/h6-11,13,16H,2-5,12,14H2,1H3,(H,22,23). The second-order valence-corrected chi connectivity index (χ2v) is 6.60. The van der Waals surface area contributed by atoms with Gasteiger partial charge < -0.3 is 10.2 Å². The number of aryl methyl sites for hydroxylation is 1. The molecule has 1 aliphatic heterocycles. The van der Waals surface area contributed by atoms with Crippen molar-refractivity contribution >= 4 is 11.7 Å². The summed E-state index contributed by atoms with van der Waals surface area (Å²) in [5, 5.41) is 2.97. The van der Waals surface area contributed by atoms with Crippen LogP contribution in [0.4, 0.5) is 10.2 Å². The zero-order valence-corrected chi connectivity index (χ0v) is 14.5. The van der Waals surface area contributed by atoms with Gasteiger partial charge in [0.25, 0.3) is 5.91 Å². The number of piperidine rings is 1. The number of nitrogens with one attached hydrogen (secondary N) is 1. The molecule has 2 heterocycles. The molecule has 1 amide bonds. The van der Waals surface area contributed by atoms with Gasteiger partial charge in [-0.1, -0.05) is 12.1 Å². The Morgan fingerprint density at radius 1 is 1.32 bits per heavy atom. The molecule has 2 aromatic rings. The highest BCUT2D eigenvalue weighted by Gasteiger charge is 2.24. The van der Waals surface area contributed by atoms with Crippen LogP contribution in [0.2, 0.25) is 0 Å². The van der Waals surface area contributed by atoms with Crippen molar-refractivity contribution in [2.45, 2.75) is 25.7 Å². The topological polar surface area (TPSA) is 45.2 Å². The van der Waals surface area contributed by atoms with Crippen molar-refractivity contribution in [3.63, 3.8) is 0 Å². The summed E-state index contributed by atoms with van der Waals surface area (Å²) in [6.45, 7) is 1.60. The lowest BCUT2D eigenvalue weighted by Crippen LogP contribution is -2.40. The molecule has 0 saturated carbocycles. The number of hydrogen-bond donors (Lipinski definition) is 1. The highest BCUT2D eigenvalue weighted by Crippen LogP contribution is 2.23. The minimum absolute atomic E-state index is 0.0744. The first-order valence-electron chi connectivity index (χ1n) is 8.83. The minimum atomic E-state index is -0.198. The summed E-state index contributed by atoms with van der Waals surface area (Å²) in [5.41, 5.74) is 1.83. The second kappa shape index (κ2) is 8.10. The zero-order chi connectivity index (χ0) is 17.6. The second-order valence-electron chi connectivity index (χ2n) is 6.60. The predicted molar refractivity (Wildman–Crippen MR) is 97.1 cm³/mol. The molecule has 0 aliphatic carbocycles. The summed E-state index contributed by atoms with van der Waals surface area (Å²) >= 11 is 0. The Kier molecular flexibility index (Phi) is 5.64. The first kappa shape index (κ1) is 17.4. The fourth-order valence-corrected chi connectivity index (χ4v) is 3.39. The minimum Gasteiger partial charge on any atom is -0.373 e. The number of amides is 1. The van der Waals surface area contributed by atoms with Gasteiger partial charge in [0.2, 0.25) is 0 Å². The maximum Gasteiger partial charge on any atom is 0.254 e. The lowest BCUT2D eigenvalue weighted by Gasteiger charge is -2.33. The first-order chi connectivity index (χ1) is 12.2. The summed E-state index contributed by atoms with van der Waals surface area (Å²) < 4.78 is 13.0. The molecule has 132 valence electrons. The van der Waals surface area contributed by atoms with E-state index in [0.717, 1.165) is 44.3 Å². The van der Waals surface area contributed by atoms with Crippen LogP contribution < -0.4 is 5.32 Å². The van der Waals surface area contributed by atoms with Crippen LogP contribution in [0.25, 0.3) is 0 Å². The lowest BCUT2D eigenvalue weighted by atomic mass is 9.91. The largest absolute Gasteiger partial charge is 0.373 e. The van der Waals surface area contributed by atoms with Gasteiger partial charge in [-0.25, -0.2) is 9.37 Å². The van der Waals surface area contributed by atoms with Gasteiger partial charge >= 0.3 is 0 Å². The number of halogens is 1. The van der Waals surface area contributed by atoms with E-state index in [1.54, 1.807) is 25.4 Å². The van der Waals surface area contributed by atoms with Crippen LogP contribution in [0.1, 0.15) is 35.2 Å². The summed E-state index contributed by atoms with van der Waals surface area (Å²) in [6.07, 6.45) is 5.78. The van der Waals surface area contributed by atoms with Crippen molar-refractivity contribution in [3.05, 3.63) is 59.5 Å². The van der Waals surface area contributed by atoms with E-state index in [1.165, 1.54) is 12.1 Å². The number of carbonyl (C=O) groups is 1. The van der Waals surface area contributed by atoms with Crippen molar-refractivity contribution in [1.82, 2.24) is 9.88 Å². The number of anilines is 1. The van der Waals surface area contributed by atoms with E-state index in [9.17, 15) is 9.18 Å². The van der Waals surface area contributed by atoms with E-state index in [4.69, 9.17) is 0 Å². The molecule has 1 fully saturated rings. The monoisotopic (exact) mass is 341 g/mol. The molecule has 3 rings (SSSR count). The zero-order valence-electron chi connectivity index (χ0n) is 14.5. The molecular formula is C20H24FN3O. The summed E-state index contributed by atoms with van der Waals surface area (Å²) in [4.78, 5) is 18.9. The van der Waals surface area contributed by atoms with Gasteiger partial charge in [-0.05, 0) is 61.4 Å². The summed E-state index contributed by atoms with van der Waals surface area (Å²) in [5.74, 6) is 1.07. The molecular weight excluding hydrogens is 317 g/mol. The van der Waals surface area contributed by atoms with Crippen LogP contribution in [0, 0.1) is 11.7 Å². The molecule has 1 aliphatic rings. The molecule has 0 radical (unpaired) electrons. The summed E-state index contributed by atoms with van der Waals surface area (Å²) in [6, 6.07) is 10.3. The molecule has 1 aromatic heterocycles. The molecule has 0 spiro atoms. The Balaban J connectivity index is 1.58. The maximum atomic E-state index is 13.0. The van der Waals surface area contributed by atoms with Gasteiger partial charge in [-0.3, -0.25) is 4.79 Å². The van der Waals surface area contributed by atoms with Crippen molar-refractivity contribution in [2.24, 2.45) is 5.92 Å². The number of rotatable bonds is 5. The van der Waals surface area contributed by atoms with Crippen LogP contribution in [0.15, 0.2) is 42.6 Å². The number of benzene rings is 1. The van der Waals surface area contributed by atoms with Crippen LogP contribution in [-0.2, 0) is 6.42 Å². The molecule has 1 aromatic carbocycles. The molecule has 4 nitrogen and oxygen atoms in total. The number of nitrogens with zero attached hydrogens (tertiary/aromatic N) is 2. The first-order valence-corrected chi connectivity index (χ1v) is 8.83. The maximum absolute atomic E-state index is 13.0. The molecule has 1 saturated heterocycles. The van der Waals surface area contributed by atoms with Gasteiger partial charge in [0, 0.05) is 31.9 Å². The molecule has 1 N–H and O–H groups in total. The van der Waals surface area contributed by atoms with Crippen LogP contribution in [-0.4, -0.2) is 35.9 Å².